The molecule has 1 aromatic carbocycles. The van der Waals surface area contributed by atoms with Crippen LogP contribution in [-0.2, 0) is 10.2 Å². The fourth-order valence-corrected chi connectivity index (χ4v) is 4.58. The van der Waals surface area contributed by atoms with Gasteiger partial charge < -0.3 is 14.4 Å². The number of likely N-dealkylation sites (tertiary alicyclic amines) is 1. The van der Waals surface area contributed by atoms with E-state index in [1.807, 2.05) is 37.3 Å². The summed E-state index contributed by atoms with van der Waals surface area (Å²) in [5, 5.41) is 18.2. The second kappa shape index (κ2) is 7.08. The lowest BCUT2D eigenvalue weighted by atomic mass is 9.74. The molecule has 1 aliphatic heterocycles. The van der Waals surface area contributed by atoms with E-state index >= 15 is 0 Å². The standard InChI is InChI=1S/C21H24F3N3O3/c1-13-12-27(18(28)19(2,29)21(22,23)24)11-8-15(13)20(9-10-20)17-26-25-16(30-17)14-6-4-3-5-7-14/h3-7,13,15,29H,8-12H2,1-2H3/t13-,15?,19+/m0/s1. The molecular weight excluding hydrogens is 399 g/mol. The maximum atomic E-state index is 13.1. The molecule has 1 N–H and O–H groups in total. The number of halogens is 3. The first-order chi connectivity index (χ1) is 14.1. The van der Waals surface area contributed by atoms with Gasteiger partial charge in [-0.2, -0.15) is 13.2 Å². The normalized spacial score (nSPS) is 25.6. The highest BCUT2D eigenvalue weighted by atomic mass is 19.4. The van der Waals surface area contributed by atoms with Crippen LogP contribution in [0.4, 0.5) is 13.2 Å². The molecule has 1 saturated carbocycles. The average molecular weight is 423 g/mol. The van der Waals surface area contributed by atoms with Crippen molar-refractivity contribution in [2.75, 3.05) is 13.1 Å². The predicted molar refractivity (Wildman–Crippen MR) is 101 cm³/mol. The molecule has 1 aromatic heterocycles. The summed E-state index contributed by atoms with van der Waals surface area (Å²) in [7, 11) is 0. The third-order valence-electron chi connectivity index (χ3n) is 6.53. The third-order valence-corrected chi connectivity index (χ3v) is 6.53. The molecule has 1 unspecified atom stereocenters. The minimum absolute atomic E-state index is 0.0682. The lowest BCUT2D eigenvalue weighted by Crippen LogP contribution is -2.58. The van der Waals surface area contributed by atoms with Gasteiger partial charge >= 0.3 is 6.18 Å². The molecule has 162 valence electrons. The second-order valence-electron chi connectivity index (χ2n) is 8.63. The molecule has 2 aromatic rings. The maximum Gasteiger partial charge on any atom is 0.426 e. The minimum atomic E-state index is -5.01. The van der Waals surface area contributed by atoms with E-state index < -0.39 is 17.7 Å². The quantitative estimate of drug-likeness (QED) is 0.814. The summed E-state index contributed by atoms with van der Waals surface area (Å²) in [5.41, 5.74) is -2.84. The van der Waals surface area contributed by atoms with Crippen molar-refractivity contribution in [1.82, 2.24) is 15.1 Å². The molecule has 0 spiro atoms. The minimum Gasteiger partial charge on any atom is -0.420 e. The predicted octanol–water partition coefficient (Wildman–Crippen LogP) is 3.57. The van der Waals surface area contributed by atoms with Crippen LogP contribution in [-0.4, -0.2) is 51.0 Å². The van der Waals surface area contributed by atoms with Gasteiger partial charge in [0, 0.05) is 18.7 Å². The highest BCUT2D eigenvalue weighted by Crippen LogP contribution is 2.58. The number of alkyl halides is 3. The molecule has 1 amide bonds. The van der Waals surface area contributed by atoms with E-state index in [0.29, 0.717) is 25.1 Å². The van der Waals surface area contributed by atoms with Gasteiger partial charge in [0.15, 0.2) is 0 Å². The van der Waals surface area contributed by atoms with Gasteiger partial charge in [0.1, 0.15) is 0 Å². The number of aromatic nitrogens is 2. The van der Waals surface area contributed by atoms with Crippen LogP contribution in [0.2, 0.25) is 0 Å². The van der Waals surface area contributed by atoms with Gasteiger partial charge in [0.05, 0.1) is 5.41 Å². The van der Waals surface area contributed by atoms with Crippen molar-refractivity contribution >= 4 is 5.91 Å². The third kappa shape index (κ3) is 3.38. The van der Waals surface area contributed by atoms with Crippen LogP contribution < -0.4 is 0 Å². The first-order valence-electron chi connectivity index (χ1n) is 10.0. The van der Waals surface area contributed by atoms with Gasteiger partial charge in [-0.15, -0.1) is 10.2 Å². The van der Waals surface area contributed by atoms with Gasteiger partial charge in [-0.3, -0.25) is 4.79 Å². The first-order valence-corrected chi connectivity index (χ1v) is 10.0. The van der Waals surface area contributed by atoms with E-state index in [9.17, 15) is 23.1 Å². The fraction of sp³-hybridized carbons (Fsp3) is 0.571. The number of piperidine rings is 1. The summed E-state index contributed by atoms with van der Waals surface area (Å²) < 4.78 is 45.1. The molecule has 2 fully saturated rings. The zero-order valence-electron chi connectivity index (χ0n) is 16.8. The first kappa shape index (κ1) is 20.8. The number of amides is 1. The molecule has 6 nitrogen and oxygen atoms in total. The zero-order chi connectivity index (χ0) is 21.7. The molecule has 2 heterocycles. The Morgan fingerprint density at radius 1 is 1.23 bits per heavy atom. The van der Waals surface area contributed by atoms with Gasteiger partial charge in [0.2, 0.25) is 17.4 Å². The molecule has 2 aliphatic rings. The zero-order valence-corrected chi connectivity index (χ0v) is 16.8. The van der Waals surface area contributed by atoms with Crippen LogP contribution in [0.5, 0.6) is 0 Å². The Balaban J connectivity index is 1.49. The Hall–Kier alpha value is -2.42. The van der Waals surface area contributed by atoms with Gasteiger partial charge in [-0.1, -0.05) is 25.1 Å². The van der Waals surface area contributed by atoms with E-state index in [-0.39, 0.29) is 30.3 Å². The monoisotopic (exact) mass is 423 g/mol. The van der Waals surface area contributed by atoms with Crippen molar-refractivity contribution < 1.29 is 27.5 Å². The van der Waals surface area contributed by atoms with E-state index in [2.05, 4.69) is 10.2 Å². The van der Waals surface area contributed by atoms with E-state index in [1.54, 1.807) is 0 Å². The lowest BCUT2D eigenvalue weighted by molar-refractivity contribution is -0.251. The second-order valence-corrected chi connectivity index (χ2v) is 8.63. The van der Waals surface area contributed by atoms with Crippen LogP contribution in [0.3, 0.4) is 0 Å². The van der Waals surface area contributed by atoms with Crippen molar-refractivity contribution in [2.45, 2.75) is 50.3 Å². The van der Waals surface area contributed by atoms with Crippen LogP contribution in [0.15, 0.2) is 34.7 Å². The van der Waals surface area contributed by atoms with Crippen LogP contribution in [0.25, 0.3) is 11.5 Å². The molecule has 30 heavy (non-hydrogen) atoms. The van der Waals surface area contributed by atoms with E-state index in [0.717, 1.165) is 23.3 Å². The summed E-state index contributed by atoms with van der Waals surface area (Å²) in [5.74, 6) is -0.254. The molecule has 1 saturated heterocycles. The number of nitrogens with zero attached hydrogens (tertiary/aromatic N) is 3. The van der Waals surface area contributed by atoms with Gasteiger partial charge in [0.25, 0.3) is 5.91 Å². The fourth-order valence-electron chi connectivity index (χ4n) is 4.58. The molecule has 9 heteroatoms. The molecule has 4 rings (SSSR count). The number of hydrogen-bond acceptors (Lipinski definition) is 5. The average Bonchev–Trinajstić information content (AvgIpc) is 3.35. The smallest absolute Gasteiger partial charge is 0.420 e. The molecule has 0 radical (unpaired) electrons. The number of aliphatic hydroxyl groups is 1. The number of carbonyl (C=O) groups is 1. The summed E-state index contributed by atoms with van der Waals surface area (Å²) in [4.78, 5) is 13.4. The summed E-state index contributed by atoms with van der Waals surface area (Å²) in [6.07, 6.45) is -2.76. The van der Waals surface area contributed by atoms with Crippen molar-refractivity contribution in [1.29, 1.82) is 0 Å². The number of carbonyl (C=O) groups excluding carboxylic acids is 1. The maximum absolute atomic E-state index is 13.1. The lowest BCUT2D eigenvalue weighted by Gasteiger charge is -2.42. The SMILES string of the molecule is C[C@H]1CN(C(=O)[C@@](C)(O)C(F)(F)F)CCC1C1(c2nnc(-c3ccccc3)o2)CC1. The van der Waals surface area contributed by atoms with Crippen molar-refractivity contribution in [3.05, 3.63) is 36.2 Å². The Labute approximate surface area is 172 Å². The Kier molecular flexibility index (Phi) is 4.91. The van der Waals surface area contributed by atoms with Gasteiger partial charge in [-0.05, 0) is 50.2 Å². The highest BCUT2D eigenvalue weighted by Gasteiger charge is 2.60. The van der Waals surface area contributed by atoms with E-state index in [1.165, 1.54) is 0 Å². The molecule has 0 bridgehead atoms. The number of rotatable bonds is 4. The van der Waals surface area contributed by atoms with Crippen molar-refractivity contribution in [2.24, 2.45) is 11.8 Å². The van der Waals surface area contributed by atoms with Crippen LogP contribution in [0, 0.1) is 11.8 Å². The molecule has 1 aliphatic carbocycles. The number of hydrogen-bond donors (Lipinski definition) is 1. The van der Waals surface area contributed by atoms with Crippen LogP contribution in [0.1, 0.15) is 39.0 Å². The topological polar surface area (TPSA) is 79.5 Å². The van der Waals surface area contributed by atoms with Crippen LogP contribution >= 0.6 is 0 Å². The summed E-state index contributed by atoms with van der Waals surface area (Å²) in [6.45, 7) is 2.73. The van der Waals surface area contributed by atoms with Crippen molar-refractivity contribution in [3.8, 4) is 11.5 Å². The summed E-state index contributed by atoms with van der Waals surface area (Å²) in [6, 6.07) is 9.44. The largest absolute Gasteiger partial charge is 0.426 e. The summed E-state index contributed by atoms with van der Waals surface area (Å²) >= 11 is 0. The highest BCUT2D eigenvalue weighted by molar-refractivity contribution is 5.85. The molecule has 3 atom stereocenters. The number of benzene rings is 1. The van der Waals surface area contributed by atoms with Gasteiger partial charge in [-0.25, -0.2) is 0 Å². The van der Waals surface area contributed by atoms with E-state index in [4.69, 9.17) is 4.42 Å². The Morgan fingerprint density at radius 3 is 2.47 bits per heavy atom. The Morgan fingerprint density at radius 2 is 1.90 bits per heavy atom. The Bertz CT molecular complexity index is 922. The van der Waals surface area contributed by atoms with Crippen molar-refractivity contribution in [3.63, 3.8) is 0 Å². The molecular formula is C21H24F3N3O3.